The van der Waals surface area contributed by atoms with Crippen molar-refractivity contribution >= 4 is 16.8 Å². The van der Waals surface area contributed by atoms with Gasteiger partial charge in [-0.15, -0.1) is 0 Å². The number of aromatic amines is 1. The van der Waals surface area contributed by atoms with E-state index >= 15 is 0 Å². The predicted octanol–water partition coefficient (Wildman–Crippen LogP) is 3.27. The summed E-state index contributed by atoms with van der Waals surface area (Å²) in [7, 11) is 0. The topological polar surface area (TPSA) is 68.7 Å². The second-order valence-electron chi connectivity index (χ2n) is 6.31. The third-order valence-electron chi connectivity index (χ3n) is 4.69. The Kier molecular flexibility index (Phi) is 3.44. The molecule has 114 valence electrons. The first-order valence-corrected chi connectivity index (χ1v) is 7.81. The molecule has 1 aliphatic rings. The molecule has 2 N–H and O–H groups in total. The van der Waals surface area contributed by atoms with Crippen molar-refractivity contribution in [2.45, 2.75) is 46.6 Å². The molecule has 1 aliphatic carbocycles. The van der Waals surface area contributed by atoms with Crippen LogP contribution in [0.1, 0.15) is 42.1 Å². The van der Waals surface area contributed by atoms with Gasteiger partial charge in [-0.05, 0) is 50.3 Å². The molecule has 3 rings (SSSR count). The van der Waals surface area contributed by atoms with E-state index in [1.807, 2.05) is 0 Å². The Morgan fingerprint density at radius 3 is 2.73 bits per heavy atom. The van der Waals surface area contributed by atoms with Crippen molar-refractivity contribution < 1.29 is 4.79 Å². The minimum Gasteiger partial charge on any atom is -0.358 e. The first kappa shape index (κ1) is 14.6. The number of carbonyl (C=O) groups is 1. The molecular weight excluding hydrogens is 274 g/mol. The van der Waals surface area contributed by atoms with Crippen LogP contribution in [0.4, 0.5) is 0 Å². The van der Waals surface area contributed by atoms with Gasteiger partial charge in [0.2, 0.25) is 5.91 Å². The summed E-state index contributed by atoms with van der Waals surface area (Å²) in [5.74, 6) is -0.136. The molecule has 2 aromatic rings. The molecule has 0 spiro atoms. The van der Waals surface area contributed by atoms with Gasteiger partial charge < -0.3 is 10.3 Å². The van der Waals surface area contributed by atoms with Crippen molar-refractivity contribution in [1.29, 1.82) is 5.26 Å². The first-order chi connectivity index (χ1) is 10.5. The Morgan fingerprint density at radius 2 is 2.14 bits per heavy atom. The fraction of sp³-hybridized carbons (Fsp3) is 0.444. The molecule has 0 saturated heterocycles. The number of aromatic nitrogens is 1. The summed E-state index contributed by atoms with van der Waals surface area (Å²) in [5, 5.41) is 13.3. The van der Waals surface area contributed by atoms with Gasteiger partial charge in [0.1, 0.15) is 5.41 Å². The molecule has 1 saturated carbocycles. The predicted molar refractivity (Wildman–Crippen MR) is 86.3 cm³/mol. The van der Waals surface area contributed by atoms with Crippen molar-refractivity contribution in [3.05, 3.63) is 34.5 Å². The fourth-order valence-corrected chi connectivity index (χ4v) is 3.06. The highest BCUT2D eigenvalue weighted by Crippen LogP contribution is 2.45. The Morgan fingerprint density at radius 1 is 1.41 bits per heavy atom. The summed E-state index contributed by atoms with van der Waals surface area (Å²) in [4.78, 5) is 15.6. The third kappa shape index (κ3) is 2.27. The number of nitriles is 1. The summed E-state index contributed by atoms with van der Waals surface area (Å²) < 4.78 is 0. The van der Waals surface area contributed by atoms with Gasteiger partial charge in [0.15, 0.2) is 0 Å². The highest BCUT2D eigenvalue weighted by molar-refractivity contribution is 5.90. The summed E-state index contributed by atoms with van der Waals surface area (Å²) in [6.45, 7) is 6.80. The van der Waals surface area contributed by atoms with Gasteiger partial charge >= 0.3 is 0 Å². The van der Waals surface area contributed by atoms with Crippen LogP contribution in [-0.2, 0) is 17.8 Å². The summed E-state index contributed by atoms with van der Waals surface area (Å²) in [5.41, 5.74) is 5.13. The quantitative estimate of drug-likeness (QED) is 0.909. The van der Waals surface area contributed by atoms with Crippen molar-refractivity contribution in [3.63, 3.8) is 0 Å². The number of rotatable bonds is 4. The van der Waals surface area contributed by atoms with E-state index in [9.17, 15) is 4.79 Å². The maximum atomic E-state index is 12.1. The zero-order valence-electron chi connectivity index (χ0n) is 13.3. The summed E-state index contributed by atoms with van der Waals surface area (Å²) in [6.07, 6.45) is 2.32. The average molecular weight is 295 g/mol. The van der Waals surface area contributed by atoms with Gasteiger partial charge in [-0.3, -0.25) is 4.79 Å². The highest BCUT2D eigenvalue weighted by atomic mass is 16.2. The number of aryl methyl sites for hydroxylation is 3. The first-order valence-electron chi connectivity index (χ1n) is 7.81. The summed E-state index contributed by atoms with van der Waals surface area (Å²) in [6, 6.07) is 6.42. The van der Waals surface area contributed by atoms with Crippen LogP contribution in [0.15, 0.2) is 12.1 Å². The minimum atomic E-state index is -0.761. The van der Waals surface area contributed by atoms with Gasteiger partial charge in [0.05, 0.1) is 11.6 Å². The second-order valence-corrected chi connectivity index (χ2v) is 6.31. The van der Waals surface area contributed by atoms with E-state index in [0.717, 1.165) is 17.5 Å². The van der Waals surface area contributed by atoms with Crippen molar-refractivity contribution in [2.24, 2.45) is 5.41 Å². The number of hydrogen-bond donors (Lipinski definition) is 2. The van der Waals surface area contributed by atoms with Crippen molar-refractivity contribution in [3.8, 4) is 6.07 Å². The molecular formula is C18H21N3O. The number of fused-ring (bicyclic) bond motifs is 1. The van der Waals surface area contributed by atoms with Gasteiger partial charge in [-0.1, -0.05) is 18.6 Å². The van der Waals surface area contributed by atoms with Crippen molar-refractivity contribution in [2.75, 3.05) is 0 Å². The van der Waals surface area contributed by atoms with E-state index < -0.39 is 5.41 Å². The molecule has 1 aromatic carbocycles. The molecule has 0 bridgehead atoms. The average Bonchev–Trinajstić information content (AvgIpc) is 3.25. The lowest BCUT2D eigenvalue weighted by atomic mass is 10.0. The molecule has 0 atom stereocenters. The van der Waals surface area contributed by atoms with E-state index in [0.29, 0.717) is 19.4 Å². The van der Waals surface area contributed by atoms with Gasteiger partial charge in [-0.2, -0.15) is 5.26 Å². The fourth-order valence-electron chi connectivity index (χ4n) is 3.06. The van der Waals surface area contributed by atoms with E-state index in [4.69, 9.17) is 5.26 Å². The molecule has 1 heterocycles. The SMILES string of the molecule is CCc1[nH]c2c(CNC(=O)C3(C#N)CC3)cc(C)cc2c1C. The zero-order chi connectivity index (χ0) is 15.9. The molecule has 1 amide bonds. The van der Waals surface area contributed by atoms with E-state index in [2.05, 4.69) is 49.3 Å². The Balaban J connectivity index is 1.90. The van der Waals surface area contributed by atoms with Crippen LogP contribution >= 0.6 is 0 Å². The largest absolute Gasteiger partial charge is 0.358 e. The second kappa shape index (κ2) is 5.17. The number of nitrogens with zero attached hydrogens (tertiary/aromatic N) is 1. The molecule has 4 heteroatoms. The third-order valence-corrected chi connectivity index (χ3v) is 4.69. The lowest BCUT2D eigenvalue weighted by Gasteiger charge is -2.10. The van der Waals surface area contributed by atoms with E-state index in [1.165, 1.54) is 22.2 Å². The van der Waals surface area contributed by atoms with E-state index in [-0.39, 0.29) is 5.91 Å². The van der Waals surface area contributed by atoms with Gasteiger partial charge in [0, 0.05) is 17.6 Å². The number of benzene rings is 1. The number of amides is 1. The number of nitrogens with one attached hydrogen (secondary N) is 2. The molecule has 0 radical (unpaired) electrons. The number of H-pyrrole nitrogens is 1. The lowest BCUT2D eigenvalue weighted by molar-refractivity contribution is -0.124. The number of hydrogen-bond acceptors (Lipinski definition) is 2. The van der Waals surface area contributed by atoms with Crippen LogP contribution in [-0.4, -0.2) is 10.9 Å². The molecule has 0 unspecified atom stereocenters. The Labute approximate surface area is 130 Å². The molecule has 0 aliphatic heterocycles. The summed E-state index contributed by atoms with van der Waals surface area (Å²) >= 11 is 0. The Bertz CT molecular complexity index is 791. The van der Waals surface area contributed by atoms with Crippen LogP contribution in [0, 0.1) is 30.6 Å². The smallest absolute Gasteiger partial charge is 0.240 e. The van der Waals surface area contributed by atoms with Crippen LogP contribution in [0.5, 0.6) is 0 Å². The molecule has 1 fully saturated rings. The highest BCUT2D eigenvalue weighted by Gasteiger charge is 2.50. The monoisotopic (exact) mass is 295 g/mol. The van der Waals surface area contributed by atoms with Crippen molar-refractivity contribution in [1.82, 2.24) is 10.3 Å². The minimum absolute atomic E-state index is 0.136. The normalized spacial score (nSPS) is 15.5. The molecule has 22 heavy (non-hydrogen) atoms. The molecule has 1 aromatic heterocycles. The maximum Gasteiger partial charge on any atom is 0.240 e. The lowest BCUT2D eigenvalue weighted by Crippen LogP contribution is -2.30. The standard InChI is InChI=1S/C18H21N3O/c1-4-15-12(3)14-8-11(2)7-13(16(14)21-15)9-20-17(22)18(10-19)5-6-18/h7-8,21H,4-6,9H2,1-3H3,(H,20,22). The Hall–Kier alpha value is -2.28. The zero-order valence-corrected chi connectivity index (χ0v) is 13.3. The van der Waals surface area contributed by atoms with Crippen LogP contribution in [0.25, 0.3) is 10.9 Å². The molecule has 4 nitrogen and oxygen atoms in total. The van der Waals surface area contributed by atoms with E-state index in [1.54, 1.807) is 0 Å². The number of carbonyl (C=O) groups excluding carboxylic acids is 1. The van der Waals surface area contributed by atoms with Gasteiger partial charge in [-0.25, -0.2) is 0 Å². The van der Waals surface area contributed by atoms with Gasteiger partial charge in [0.25, 0.3) is 0 Å². The van der Waals surface area contributed by atoms with Crippen LogP contribution in [0.3, 0.4) is 0 Å². The maximum absolute atomic E-state index is 12.1. The van der Waals surface area contributed by atoms with Crippen LogP contribution < -0.4 is 5.32 Å². The van der Waals surface area contributed by atoms with Crippen LogP contribution in [0.2, 0.25) is 0 Å².